The van der Waals surface area contributed by atoms with E-state index in [1.165, 1.54) is 173 Å². The van der Waals surface area contributed by atoms with Gasteiger partial charge in [-0.2, -0.15) is 0 Å². The number of rotatable bonds is 55. The van der Waals surface area contributed by atoms with E-state index in [1.807, 2.05) is 0 Å². The van der Waals surface area contributed by atoms with Gasteiger partial charge < -0.3 is 14.2 Å². The van der Waals surface area contributed by atoms with Crippen molar-refractivity contribution in [1.82, 2.24) is 0 Å². The van der Waals surface area contributed by atoms with Crippen LogP contribution in [0.3, 0.4) is 0 Å². The van der Waals surface area contributed by atoms with Crippen molar-refractivity contribution in [3.05, 3.63) is 72.9 Å². The molecule has 0 rings (SSSR count). The lowest BCUT2D eigenvalue weighted by atomic mass is 10.1. The molecule has 0 saturated heterocycles. The van der Waals surface area contributed by atoms with Gasteiger partial charge in [0.05, 0.1) is 0 Å². The van der Waals surface area contributed by atoms with Gasteiger partial charge in [0.15, 0.2) is 6.10 Å². The van der Waals surface area contributed by atoms with Gasteiger partial charge in [-0.05, 0) is 116 Å². The third-order valence-corrected chi connectivity index (χ3v) is 13.2. The number of carbonyl (C=O) groups excluding carboxylic acids is 3. The molecule has 0 heterocycles. The second kappa shape index (κ2) is 59.4. The summed E-state index contributed by atoms with van der Waals surface area (Å²) in [6.07, 6.45) is 76.0. The minimum Gasteiger partial charge on any atom is -0.462 e. The summed E-state index contributed by atoms with van der Waals surface area (Å²) in [5.74, 6) is -0.891. The molecule has 0 spiro atoms. The summed E-state index contributed by atoms with van der Waals surface area (Å²) in [5.41, 5.74) is 0. The summed E-state index contributed by atoms with van der Waals surface area (Å²) < 4.78 is 16.9. The number of hydrogen-bond acceptors (Lipinski definition) is 6. The zero-order chi connectivity index (χ0) is 51.4. The Morgan fingerprint density at radius 1 is 0.282 bits per heavy atom. The van der Waals surface area contributed by atoms with Gasteiger partial charge in [-0.15, -0.1) is 0 Å². The molecule has 6 heteroatoms. The lowest BCUT2D eigenvalue weighted by Gasteiger charge is -2.18. The van der Waals surface area contributed by atoms with Gasteiger partial charge in [0.2, 0.25) is 0 Å². The molecule has 6 nitrogen and oxygen atoms in total. The number of esters is 3. The van der Waals surface area contributed by atoms with Crippen molar-refractivity contribution in [3.63, 3.8) is 0 Å². The van der Waals surface area contributed by atoms with E-state index in [4.69, 9.17) is 14.2 Å². The first kappa shape index (κ1) is 67.8. The maximum atomic E-state index is 12.9. The average molecular weight is 992 g/mol. The van der Waals surface area contributed by atoms with Gasteiger partial charge in [-0.1, -0.05) is 241 Å². The second-order valence-electron chi connectivity index (χ2n) is 20.2. The van der Waals surface area contributed by atoms with Crippen LogP contribution in [0.5, 0.6) is 0 Å². The Labute approximate surface area is 440 Å². The molecule has 0 radical (unpaired) electrons. The maximum Gasteiger partial charge on any atom is 0.306 e. The molecule has 1 atom stereocenters. The third kappa shape index (κ3) is 57.6. The van der Waals surface area contributed by atoms with Crippen LogP contribution in [-0.4, -0.2) is 37.2 Å². The van der Waals surface area contributed by atoms with Gasteiger partial charge in [-0.3, -0.25) is 14.4 Å². The Hall–Kier alpha value is -3.15. The molecular weight excluding hydrogens is 877 g/mol. The smallest absolute Gasteiger partial charge is 0.306 e. The number of hydrogen-bond donors (Lipinski definition) is 0. The third-order valence-electron chi connectivity index (χ3n) is 13.2. The van der Waals surface area contributed by atoms with Crippen molar-refractivity contribution in [1.29, 1.82) is 0 Å². The Bertz CT molecular complexity index is 1320. The van der Waals surface area contributed by atoms with Crippen molar-refractivity contribution in [3.8, 4) is 0 Å². The SMILES string of the molecule is CCCCC/C=C\C/C=C\CCCCCCCCCCCC(=O)OC[C@H](COC(=O)CCCCCCCCC/C=C\C/C=C\CCCCC)OC(=O)CCCCCCCCC/C=C\C/C=C\CCCCC. The molecule has 0 bridgehead atoms. The fraction of sp³-hybridized carbons (Fsp3) is 0.769. The molecule has 0 fully saturated rings. The van der Waals surface area contributed by atoms with Crippen LogP contribution in [0.2, 0.25) is 0 Å². The highest BCUT2D eigenvalue weighted by Gasteiger charge is 2.19. The molecule has 71 heavy (non-hydrogen) atoms. The number of carbonyl (C=O) groups is 3. The highest BCUT2D eigenvalue weighted by atomic mass is 16.6. The Morgan fingerprint density at radius 3 is 0.775 bits per heavy atom. The predicted molar refractivity (Wildman–Crippen MR) is 307 cm³/mol. The van der Waals surface area contributed by atoms with Crippen LogP contribution >= 0.6 is 0 Å². The Balaban J connectivity index is 4.40. The molecule has 0 N–H and O–H groups in total. The normalized spacial score (nSPS) is 12.5. The molecule has 0 saturated carbocycles. The summed E-state index contributed by atoms with van der Waals surface area (Å²) in [6, 6.07) is 0. The van der Waals surface area contributed by atoms with Crippen LogP contribution in [0.1, 0.15) is 303 Å². The molecule has 0 aromatic rings. The van der Waals surface area contributed by atoms with E-state index in [9.17, 15) is 14.4 Å². The monoisotopic (exact) mass is 991 g/mol. The summed E-state index contributed by atoms with van der Waals surface area (Å²) in [5, 5.41) is 0. The van der Waals surface area contributed by atoms with Crippen molar-refractivity contribution in [2.45, 2.75) is 309 Å². The largest absolute Gasteiger partial charge is 0.462 e. The van der Waals surface area contributed by atoms with Crippen LogP contribution < -0.4 is 0 Å². The molecular formula is C65H114O6. The van der Waals surface area contributed by atoms with Gasteiger partial charge in [0.25, 0.3) is 0 Å². The zero-order valence-corrected chi connectivity index (χ0v) is 47.0. The van der Waals surface area contributed by atoms with E-state index in [1.54, 1.807) is 0 Å². The van der Waals surface area contributed by atoms with Crippen molar-refractivity contribution in [2.24, 2.45) is 0 Å². The van der Waals surface area contributed by atoms with Gasteiger partial charge in [-0.25, -0.2) is 0 Å². The highest BCUT2D eigenvalue weighted by Crippen LogP contribution is 2.15. The Kier molecular flexibility index (Phi) is 56.8. The topological polar surface area (TPSA) is 78.9 Å². The number of unbranched alkanes of at least 4 members (excludes halogenated alkanes) is 32. The van der Waals surface area contributed by atoms with E-state index in [0.29, 0.717) is 19.3 Å². The first-order chi connectivity index (χ1) is 35.0. The van der Waals surface area contributed by atoms with Crippen molar-refractivity contribution < 1.29 is 28.6 Å². The first-order valence-electron chi connectivity index (χ1n) is 30.4. The summed E-state index contributed by atoms with van der Waals surface area (Å²) >= 11 is 0. The quantitative estimate of drug-likeness (QED) is 0.0261. The zero-order valence-electron chi connectivity index (χ0n) is 47.0. The minimum atomic E-state index is -0.786. The first-order valence-corrected chi connectivity index (χ1v) is 30.4. The standard InChI is InChI=1S/C65H114O6/c1-4-7-10-13-16-19-22-25-28-31-32-35-37-40-43-46-49-52-55-58-64(67)70-61-62(71-65(68)59-56-53-50-47-44-41-38-34-30-27-24-21-18-15-12-9-6-3)60-69-63(66)57-54-51-48-45-42-39-36-33-29-26-23-20-17-14-11-8-5-2/h16-21,25-30,62H,4-15,22-24,31-61H2,1-3H3/b19-16-,20-17-,21-18-,28-25-,29-26-,30-27-/t62-/m0/s1. The van der Waals surface area contributed by atoms with E-state index in [2.05, 4.69) is 93.7 Å². The molecule has 0 aliphatic heterocycles. The molecule has 0 aromatic carbocycles. The minimum absolute atomic E-state index is 0.0826. The van der Waals surface area contributed by atoms with E-state index in [0.717, 1.165) is 89.9 Å². The summed E-state index contributed by atoms with van der Waals surface area (Å²) in [4.78, 5) is 38.3. The summed E-state index contributed by atoms with van der Waals surface area (Å²) in [6.45, 7) is 6.58. The molecule has 0 amide bonds. The van der Waals surface area contributed by atoms with Crippen molar-refractivity contribution >= 4 is 17.9 Å². The van der Waals surface area contributed by atoms with Gasteiger partial charge >= 0.3 is 17.9 Å². The van der Waals surface area contributed by atoms with Crippen LogP contribution in [-0.2, 0) is 28.6 Å². The molecule has 0 aliphatic carbocycles. The van der Waals surface area contributed by atoms with Crippen LogP contribution in [0.4, 0.5) is 0 Å². The fourth-order valence-corrected chi connectivity index (χ4v) is 8.53. The van der Waals surface area contributed by atoms with Gasteiger partial charge in [0, 0.05) is 19.3 Å². The highest BCUT2D eigenvalue weighted by molar-refractivity contribution is 5.71. The van der Waals surface area contributed by atoms with Crippen LogP contribution in [0, 0.1) is 0 Å². The average Bonchev–Trinajstić information content (AvgIpc) is 3.37. The van der Waals surface area contributed by atoms with E-state index >= 15 is 0 Å². The van der Waals surface area contributed by atoms with Crippen LogP contribution in [0.15, 0.2) is 72.9 Å². The lowest BCUT2D eigenvalue weighted by molar-refractivity contribution is -0.167. The van der Waals surface area contributed by atoms with E-state index < -0.39 is 6.10 Å². The molecule has 0 aliphatic rings. The Morgan fingerprint density at radius 2 is 0.507 bits per heavy atom. The lowest BCUT2D eigenvalue weighted by Crippen LogP contribution is -2.30. The molecule has 410 valence electrons. The number of allylic oxidation sites excluding steroid dienone is 12. The molecule has 0 unspecified atom stereocenters. The maximum absolute atomic E-state index is 12.9. The van der Waals surface area contributed by atoms with Crippen molar-refractivity contribution in [2.75, 3.05) is 13.2 Å². The van der Waals surface area contributed by atoms with E-state index in [-0.39, 0.29) is 31.1 Å². The predicted octanol–water partition coefficient (Wildman–Crippen LogP) is 20.5. The van der Waals surface area contributed by atoms with Crippen LogP contribution in [0.25, 0.3) is 0 Å². The number of ether oxygens (including phenoxy) is 3. The second-order valence-corrected chi connectivity index (χ2v) is 20.2. The molecule has 0 aromatic heterocycles. The fourth-order valence-electron chi connectivity index (χ4n) is 8.53. The summed E-state index contributed by atoms with van der Waals surface area (Å²) in [7, 11) is 0. The van der Waals surface area contributed by atoms with Gasteiger partial charge in [0.1, 0.15) is 13.2 Å².